The van der Waals surface area contributed by atoms with Gasteiger partial charge in [-0.15, -0.1) is 0 Å². The van der Waals surface area contributed by atoms with Gasteiger partial charge in [-0.25, -0.2) is 4.68 Å². The Morgan fingerprint density at radius 3 is 2.50 bits per heavy atom. The Labute approximate surface area is 175 Å². The van der Waals surface area contributed by atoms with Crippen LogP contribution in [0.1, 0.15) is 51.8 Å². The summed E-state index contributed by atoms with van der Waals surface area (Å²) in [5.41, 5.74) is 2.86. The molecule has 142 valence electrons. The number of benzene rings is 2. The Hall–Kier alpha value is -2.26. The highest BCUT2D eigenvalue weighted by Crippen LogP contribution is 2.32. The lowest BCUT2D eigenvalue weighted by molar-refractivity contribution is -0.0366. The summed E-state index contributed by atoms with van der Waals surface area (Å²) in [4.78, 5) is 26.9. The van der Waals surface area contributed by atoms with Gasteiger partial charge >= 0.3 is 0 Å². The van der Waals surface area contributed by atoms with Gasteiger partial charge in [0, 0.05) is 15.6 Å². The Balaban J connectivity index is 1.53. The smallest absolute Gasteiger partial charge is 0.261 e. The standard InChI is InChI=1S/C21H18IN3O3/c22-17-8-9-18-15(11-23-25(18)19-7-3-4-10-28-19)16(17)12-24-20(26)13-5-1-2-6-14(13)21(24)27/h1-2,5-6,8-9,11,19H,3-4,7,10,12H2. The summed E-state index contributed by atoms with van der Waals surface area (Å²) in [5, 5.41) is 5.53. The Morgan fingerprint density at radius 1 is 1.07 bits per heavy atom. The lowest BCUT2D eigenvalue weighted by Crippen LogP contribution is -2.29. The molecule has 1 aromatic heterocycles. The first-order chi connectivity index (χ1) is 13.6. The van der Waals surface area contributed by atoms with Crippen molar-refractivity contribution >= 4 is 45.3 Å². The van der Waals surface area contributed by atoms with E-state index in [0.717, 1.165) is 45.9 Å². The molecule has 0 bridgehead atoms. The minimum absolute atomic E-state index is 0.0570. The highest BCUT2D eigenvalue weighted by atomic mass is 127. The highest BCUT2D eigenvalue weighted by Gasteiger charge is 2.35. The van der Waals surface area contributed by atoms with Gasteiger partial charge in [0.25, 0.3) is 11.8 Å². The molecule has 2 aliphatic rings. The maximum atomic E-state index is 12.8. The zero-order valence-electron chi connectivity index (χ0n) is 15.1. The largest absolute Gasteiger partial charge is 0.356 e. The maximum absolute atomic E-state index is 12.8. The Morgan fingerprint density at radius 2 is 1.82 bits per heavy atom. The molecule has 1 unspecified atom stereocenters. The van der Waals surface area contributed by atoms with Gasteiger partial charge in [0.15, 0.2) is 6.23 Å². The molecule has 3 heterocycles. The van der Waals surface area contributed by atoms with Crippen molar-refractivity contribution in [3.05, 3.63) is 62.9 Å². The molecule has 1 fully saturated rings. The van der Waals surface area contributed by atoms with Crippen LogP contribution < -0.4 is 0 Å². The van der Waals surface area contributed by atoms with Crippen molar-refractivity contribution in [1.29, 1.82) is 0 Å². The number of aromatic nitrogens is 2. The average Bonchev–Trinajstić information content (AvgIpc) is 3.26. The molecule has 2 aromatic carbocycles. The molecule has 0 radical (unpaired) electrons. The normalized spacial score (nSPS) is 19.5. The van der Waals surface area contributed by atoms with E-state index >= 15 is 0 Å². The van der Waals surface area contributed by atoms with Gasteiger partial charge in [-0.1, -0.05) is 12.1 Å². The van der Waals surface area contributed by atoms with Gasteiger partial charge < -0.3 is 4.74 Å². The lowest BCUT2D eigenvalue weighted by atomic mass is 10.1. The zero-order valence-corrected chi connectivity index (χ0v) is 17.3. The predicted molar refractivity (Wildman–Crippen MR) is 112 cm³/mol. The van der Waals surface area contributed by atoms with Crippen LogP contribution in [0.2, 0.25) is 0 Å². The molecular weight excluding hydrogens is 469 g/mol. The van der Waals surface area contributed by atoms with Crippen LogP contribution >= 0.6 is 22.6 Å². The fourth-order valence-corrected chi connectivity index (χ4v) is 4.64. The third-order valence-corrected chi connectivity index (χ3v) is 6.47. The number of hydrogen-bond acceptors (Lipinski definition) is 4. The number of ether oxygens (including phenoxy) is 1. The number of amides is 2. The minimum Gasteiger partial charge on any atom is -0.356 e. The second-order valence-corrected chi connectivity index (χ2v) is 8.27. The molecule has 1 atom stereocenters. The van der Waals surface area contributed by atoms with E-state index in [1.165, 1.54) is 4.90 Å². The van der Waals surface area contributed by atoms with Gasteiger partial charge in [0.05, 0.1) is 29.4 Å². The van der Waals surface area contributed by atoms with Gasteiger partial charge in [-0.2, -0.15) is 5.10 Å². The number of carbonyl (C=O) groups excluding carboxylic acids is 2. The number of halogens is 1. The second kappa shape index (κ2) is 6.97. The number of carbonyl (C=O) groups is 2. The number of imide groups is 1. The van der Waals surface area contributed by atoms with Crippen molar-refractivity contribution in [2.45, 2.75) is 32.0 Å². The van der Waals surface area contributed by atoms with Crippen molar-refractivity contribution in [3.63, 3.8) is 0 Å². The van der Waals surface area contributed by atoms with E-state index in [2.05, 4.69) is 27.7 Å². The molecule has 5 rings (SSSR count). The molecule has 0 N–H and O–H groups in total. The van der Waals surface area contributed by atoms with E-state index in [0.29, 0.717) is 11.1 Å². The third-order valence-electron chi connectivity index (χ3n) is 5.46. The first-order valence-electron chi connectivity index (χ1n) is 9.36. The minimum atomic E-state index is -0.239. The monoisotopic (exact) mass is 487 g/mol. The van der Waals surface area contributed by atoms with Crippen molar-refractivity contribution in [3.8, 4) is 0 Å². The zero-order chi connectivity index (χ0) is 19.3. The highest BCUT2D eigenvalue weighted by molar-refractivity contribution is 14.1. The topological polar surface area (TPSA) is 64.4 Å². The fraction of sp³-hybridized carbons (Fsp3) is 0.286. The molecule has 0 saturated carbocycles. The van der Waals surface area contributed by atoms with Gasteiger partial charge in [-0.05, 0) is 71.7 Å². The number of nitrogens with zero attached hydrogens (tertiary/aromatic N) is 3. The van der Waals surface area contributed by atoms with E-state index in [1.807, 2.05) is 23.0 Å². The summed E-state index contributed by atoms with van der Waals surface area (Å²) >= 11 is 2.26. The molecule has 28 heavy (non-hydrogen) atoms. The van der Waals surface area contributed by atoms with Crippen LogP contribution in [0.25, 0.3) is 10.9 Å². The van der Waals surface area contributed by atoms with E-state index < -0.39 is 0 Å². The molecule has 2 amide bonds. The van der Waals surface area contributed by atoms with Gasteiger partial charge in [0.2, 0.25) is 0 Å². The molecule has 0 aliphatic carbocycles. The van der Waals surface area contributed by atoms with E-state index in [4.69, 9.17) is 4.74 Å². The number of rotatable bonds is 3. The Bertz CT molecular complexity index is 1070. The van der Waals surface area contributed by atoms with Crippen LogP contribution in [-0.4, -0.2) is 33.1 Å². The predicted octanol–water partition coefficient (Wildman–Crippen LogP) is 4.14. The van der Waals surface area contributed by atoms with Crippen LogP contribution in [0.5, 0.6) is 0 Å². The maximum Gasteiger partial charge on any atom is 0.261 e. The summed E-state index contributed by atoms with van der Waals surface area (Å²) < 4.78 is 8.82. The summed E-state index contributed by atoms with van der Waals surface area (Å²) in [7, 11) is 0. The first-order valence-corrected chi connectivity index (χ1v) is 10.4. The second-order valence-electron chi connectivity index (χ2n) is 7.11. The van der Waals surface area contributed by atoms with Crippen LogP contribution in [0.15, 0.2) is 42.6 Å². The summed E-state index contributed by atoms with van der Waals surface area (Å²) in [6.45, 7) is 0.984. The van der Waals surface area contributed by atoms with Gasteiger partial charge in [0.1, 0.15) is 0 Å². The van der Waals surface area contributed by atoms with E-state index in [1.54, 1.807) is 24.3 Å². The van der Waals surface area contributed by atoms with Gasteiger partial charge in [-0.3, -0.25) is 14.5 Å². The molecule has 1 saturated heterocycles. The molecule has 7 heteroatoms. The summed E-state index contributed by atoms with van der Waals surface area (Å²) in [5.74, 6) is -0.479. The van der Waals surface area contributed by atoms with Crippen molar-refractivity contribution < 1.29 is 14.3 Å². The lowest BCUT2D eigenvalue weighted by Gasteiger charge is -2.23. The average molecular weight is 487 g/mol. The number of hydrogen-bond donors (Lipinski definition) is 0. The molecular formula is C21H18IN3O3. The third kappa shape index (κ3) is 2.76. The fourth-order valence-electron chi connectivity index (χ4n) is 4.00. The SMILES string of the molecule is O=C1c2ccccc2C(=O)N1Cc1c(I)ccc2c1cnn2C1CCCCO1. The van der Waals surface area contributed by atoms with Crippen LogP contribution in [0.3, 0.4) is 0 Å². The molecule has 0 spiro atoms. The summed E-state index contributed by atoms with van der Waals surface area (Å²) in [6, 6.07) is 11.0. The molecule has 6 nitrogen and oxygen atoms in total. The molecule has 2 aliphatic heterocycles. The van der Waals surface area contributed by atoms with Crippen LogP contribution in [-0.2, 0) is 11.3 Å². The molecule has 3 aromatic rings. The first kappa shape index (κ1) is 17.8. The van der Waals surface area contributed by atoms with E-state index in [-0.39, 0.29) is 24.6 Å². The quantitative estimate of drug-likeness (QED) is 0.412. The Kier molecular flexibility index (Phi) is 4.43. The summed E-state index contributed by atoms with van der Waals surface area (Å²) in [6.07, 6.45) is 4.91. The van der Waals surface area contributed by atoms with Crippen molar-refractivity contribution in [2.75, 3.05) is 6.61 Å². The van der Waals surface area contributed by atoms with E-state index in [9.17, 15) is 9.59 Å². The van der Waals surface area contributed by atoms with Crippen molar-refractivity contribution in [1.82, 2.24) is 14.7 Å². The van der Waals surface area contributed by atoms with Crippen LogP contribution in [0, 0.1) is 3.57 Å². The van der Waals surface area contributed by atoms with Crippen LogP contribution in [0.4, 0.5) is 0 Å². The number of fused-ring (bicyclic) bond motifs is 2. The van der Waals surface area contributed by atoms with Crippen molar-refractivity contribution in [2.24, 2.45) is 0 Å².